The van der Waals surface area contributed by atoms with Gasteiger partial charge in [0.15, 0.2) is 0 Å². The van der Waals surface area contributed by atoms with Crippen LogP contribution in [-0.2, 0) is 0 Å². The summed E-state index contributed by atoms with van der Waals surface area (Å²) in [4.78, 5) is 0. The third-order valence-corrected chi connectivity index (χ3v) is 2.12. The predicted octanol–water partition coefficient (Wildman–Crippen LogP) is 3.94. The molecule has 0 heterocycles. The molecule has 1 rings (SSSR count). The van der Waals surface area contributed by atoms with Gasteiger partial charge in [-0.2, -0.15) is 5.10 Å². The van der Waals surface area contributed by atoms with Crippen molar-refractivity contribution in [2.75, 3.05) is 0 Å². The lowest BCUT2D eigenvalue weighted by Crippen LogP contribution is -2.29. The molecule has 0 amide bonds. The molecule has 0 aliphatic rings. The summed E-state index contributed by atoms with van der Waals surface area (Å²) >= 11 is 0. The Morgan fingerprint density at radius 1 is 1.11 bits per heavy atom. The second-order valence-corrected chi connectivity index (χ2v) is 5.27. The van der Waals surface area contributed by atoms with Crippen molar-refractivity contribution in [1.82, 2.24) is 5.43 Å². The summed E-state index contributed by atoms with van der Waals surface area (Å²) in [6, 6.07) is 8.88. The first-order valence-electron chi connectivity index (χ1n) is 5.63. The van der Waals surface area contributed by atoms with E-state index in [4.69, 9.17) is 0 Å². The largest absolute Gasteiger partial charge is 0.497 e. The molecule has 0 aliphatic heterocycles. The van der Waals surface area contributed by atoms with Crippen molar-refractivity contribution in [3.05, 3.63) is 35.9 Å². The molecule has 0 aromatic heterocycles. The van der Waals surface area contributed by atoms with Crippen LogP contribution in [0.25, 0.3) is 0 Å². The van der Waals surface area contributed by atoms with Crippen molar-refractivity contribution in [3.63, 3.8) is 0 Å². The van der Waals surface area contributed by atoms with E-state index >= 15 is 0 Å². The van der Waals surface area contributed by atoms with Gasteiger partial charge in [-0.1, -0.05) is 51.1 Å². The first-order chi connectivity index (χ1) is 8.17. The van der Waals surface area contributed by atoms with E-state index in [0.29, 0.717) is 17.7 Å². The molecule has 18 heavy (non-hydrogen) atoms. The van der Waals surface area contributed by atoms with E-state index in [1.54, 1.807) is 24.3 Å². The number of halogens is 3. The Hall–Kier alpha value is -1.52. The van der Waals surface area contributed by atoms with Crippen LogP contribution in [0, 0.1) is 5.41 Å². The van der Waals surface area contributed by atoms with Crippen molar-refractivity contribution < 1.29 is 13.2 Å². The minimum absolute atomic E-state index is 0.137. The van der Waals surface area contributed by atoms with Gasteiger partial charge in [0.2, 0.25) is 0 Å². The Morgan fingerprint density at radius 3 is 2.11 bits per heavy atom. The summed E-state index contributed by atoms with van der Waals surface area (Å²) in [5.74, 6) is 0. The molecule has 1 aromatic rings. The van der Waals surface area contributed by atoms with Crippen LogP contribution >= 0.6 is 0 Å². The zero-order valence-corrected chi connectivity index (χ0v) is 10.7. The topological polar surface area (TPSA) is 24.4 Å². The monoisotopic (exact) mass is 258 g/mol. The molecule has 1 aromatic carbocycles. The highest BCUT2D eigenvalue weighted by molar-refractivity contribution is 6.00. The average Bonchev–Trinajstić information content (AvgIpc) is 2.23. The van der Waals surface area contributed by atoms with E-state index in [-0.39, 0.29) is 5.41 Å². The van der Waals surface area contributed by atoms with E-state index in [1.165, 1.54) is 5.43 Å². The molecular formula is C13H17F3N2. The lowest BCUT2D eigenvalue weighted by atomic mass is 9.87. The fourth-order valence-corrected chi connectivity index (χ4v) is 1.47. The van der Waals surface area contributed by atoms with Gasteiger partial charge >= 0.3 is 6.30 Å². The van der Waals surface area contributed by atoms with Gasteiger partial charge in [-0.25, -0.2) is 5.43 Å². The van der Waals surface area contributed by atoms with E-state index in [9.17, 15) is 13.2 Å². The Morgan fingerprint density at radius 2 is 1.67 bits per heavy atom. The fourth-order valence-electron chi connectivity index (χ4n) is 1.47. The van der Waals surface area contributed by atoms with Crippen LogP contribution < -0.4 is 5.43 Å². The Balaban J connectivity index is 2.96. The van der Waals surface area contributed by atoms with Crippen molar-refractivity contribution in [1.29, 1.82) is 0 Å². The van der Waals surface area contributed by atoms with Gasteiger partial charge in [-0.15, -0.1) is 13.2 Å². The van der Waals surface area contributed by atoms with E-state index in [1.807, 2.05) is 26.8 Å². The number of rotatable bonds is 3. The summed E-state index contributed by atoms with van der Waals surface area (Å²) in [6.07, 6.45) is -4.04. The summed E-state index contributed by atoms with van der Waals surface area (Å²) in [7, 11) is 0. The Bertz CT molecular complexity index is 402. The molecule has 0 saturated carbocycles. The SMILES string of the molecule is CC(C)(C)C/C(=N/NC(F)(F)F)c1ccccc1. The van der Waals surface area contributed by atoms with E-state index in [2.05, 4.69) is 5.10 Å². The molecule has 100 valence electrons. The van der Waals surface area contributed by atoms with Crippen molar-refractivity contribution in [2.45, 2.75) is 33.5 Å². The average molecular weight is 258 g/mol. The standard InChI is InChI=1S/C13H17F3N2/c1-12(2,3)9-11(17-18-13(14,15)16)10-7-5-4-6-8-10/h4-8,18H,9H2,1-3H3/b17-11-. The number of nitrogens with one attached hydrogen (secondary N) is 1. The molecule has 5 heteroatoms. The van der Waals surface area contributed by atoms with Crippen molar-refractivity contribution in [3.8, 4) is 0 Å². The van der Waals surface area contributed by atoms with Gasteiger partial charge in [0.05, 0.1) is 5.71 Å². The minimum Gasteiger partial charge on any atom is -0.218 e. The van der Waals surface area contributed by atoms with Gasteiger partial charge in [0, 0.05) is 0 Å². The molecule has 0 radical (unpaired) electrons. The highest BCUT2D eigenvalue weighted by Crippen LogP contribution is 2.22. The smallest absolute Gasteiger partial charge is 0.218 e. The molecular weight excluding hydrogens is 241 g/mol. The number of hydrogen-bond donors (Lipinski definition) is 1. The predicted molar refractivity (Wildman–Crippen MR) is 66.2 cm³/mol. The van der Waals surface area contributed by atoms with Gasteiger partial charge < -0.3 is 0 Å². The maximum Gasteiger partial charge on any atom is 0.497 e. The molecule has 2 nitrogen and oxygen atoms in total. The second-order valence-electron chi connectivity index (χ2n) is 5.27. The third-order valence-electron chi connectivity index (χ3n) is 2.12. The van der Waals surface area contributed by atoms with Gasteiger partial charge in [-0.05, 0) is 17.4 Å². The highest BCUT2D eigenvalue weighted by atomic mass is 19.4. The highest BCUT2D eigenvalue weighted by Gasteiger charge is 2.27. The maximum absolute atomic E-state index is 12.1. The molecule has 0 saturated heterocycles. The molecule has 0 fully saturated rings. The summed E-state index contributed by atoms with van der Waals surface area (Å²) in [5.41, 5.74) is 2.20. The van der Waals surface area contributed by atoms with Crippen LogP contribution in [0.5, 0.6) is 0 Å². The normalized spacial score (nSPS) is 13.6. The van der Waals surface area contributed by atoms with E-state index < -0.39 is 6.30 Å². The molecule has 0 bridgehead atoms. The first-order valence-corrected chi connectivity index (χ1v) is 5.63. The molecule has 0 spiro atoms. The van der Waals surface area contributed by atoms with Crippen LogP contribution in [0.4, 0.5) is 13.2 Å². The van der Waals surface area contributed by atoms with Crippen LogP contribution in [-0.4, -0.2) is 12.0 Å². The zero-order chi connectivity index (χ0) is 13.8. The number of nitrogens with zero attached hydrogens (tertiary/aromatic N) is 1. The number of hydrazone groups is 1. The first kappa shape index (κ1) is 14.5. The molecule has 0 aliphatic carbocycles. The maximum atomic E-state index is 12.1. The summed E-state index contributed by atoms with van der Waals surface area (Å²) in [6.45, 7) is 5.87. The third kappa shape index (κ3) is 5.70. The van der Waals surface area contributed by atoms with Gasteiger partial charge in [0.1, 0.15) is 0 Å². The molecule has 0 unspecified atom stereocenters. The second kappa shape index (κ2) is 5.42. The fraction of sp³-hybridized carbons (Fsp3) is 0.462. The zero-order valence-electron chi connectivity index (χ0n) is 10.7. The quantitative estimate of drug-likeness (QED) is 0.495. The Labute approximate surface area is 105 Å². The van der Waals surface area contributed by atoms with Crippen molar-refractivity contribution in [2.24, 2.45) is 10.5 Å². The van der Waals surface area contributed by atoms with Crippen LogP contribution in [0.3, 0.4) is 0 Å². The summed E-state index contributed by atoms with van der Waals surface area (Å²) in [5, 5.41) is 3.49. The molecule has 0 atom stereocenters. The lowest BCUT2D eigenvalue weighted by molar-refractivity contribution is -0.156. The lowest BCUT2D eigenvalue weighted by Gasteiger charge is -2.20. The van der Waals surface area contributed by atoms with Gasteiger partial charge in [-0.3, -0.25) is 0 Å². The van der Waals surface area contributed by atoms with Gasteiger partial charge in [0.25, 0.3) is 0 Å². The number of hydrogen-bond acceptors (Lipinski definition) is 2. The Kier molecular flexibility index (Phi) is 4.38. The van der Waals surface area contributed by atoms with Crippen LogP contribution in [0.15, 0.2) is 35.4 Å². The van der Waals surface area contributed by atoms with Crippen molar-refractivity contribution >= 4 is 5.71 Å². The minimum atomic E-state index is -4.50. The summed E-state index contributed by atoms with van der Waals surface area (Å²) < 4.78 is 36.4. The van der Waals surface area contributed by atoms with Crippen LogP contribution in [0.1, 0.15) is 32.8 Å². The number of benzene rings is 1. The molecule has 1 N–H and O–H groups in total. The van der Waals surface area contributed by atoms with Crippen LogP contribution in [0.2, 0.25) is 0 Å². The number of alkyl halides is 3. The van der Waals surface area contributed by atoms with E-state index in [0.717, 1.165) is 0 Å².